The van der Waals surface area contributed by atoms with Crippen molar-refractivity contribution in [3.05, 3.63) is 17.8 Å². The highest BCUT2D eigenvalue weighted by Crippen LogP contribution is 2.43. The van der Waals surface area contributed by atoms with Crippen LogP contribution in [0.3, 0.4) is 0 Å². The summed E-state index contributed by atoms with van der Waals surface area (Å²) in [6.07, 6.45) is 9.75. The van der Waals surface area contributed by atoms with Crippen molar-refractivity contribution >= 4 is 24.1 Å². The van der Waals surface area contributed by atoms with Crippen LogP contribution in [0.15, 0.2) is 12.3 Å². The Hall–Kier alpha value is -3.04. The van der Waals surface area contributed by atoms with E-state index < -0.39 is 11.6 Å². The average Bonchev–Trinajstić information content (AvgIpc) is 3.23. The molecule has 0 saturated heterocycles. The Morgan fingerprint density at radius 2 is 1.92 bits per heavy atom. The van der Waals surface area contributed by atoms with Gasteiger partial charge in [-0.1, -0.05) is 27.2 Å². The summed E-state index contributed by atoms with van der Waals surface area (Å²) >= 11 is 0. The highest BCUT2D eigenvalue weighted by Gasteiger charge is 2.41. The molecule has 0 aromatic carbocycles. The summed E-state index contributed by atoms with van der Waals surface area (Å²) in [5.74, 6) is 1.32. The summed E-state index contributed by atoms with van der Waals surface area (Å²) in [6, 6.07) is 0.0612. The second kappa shape index (κ2) is 12.5. The number of amides is 3. The Bertz CT molecular complexity index is 972. The van der Waals surface area contributed by atoms with E-state index in [1.54, 1.807) is 17.8 Å². The predicted molar refractivity (Wildman–Crippen MR) is 141 cm³/mol. The maximum Gasteiger partial charge on any atom is 0.404 e. The van der Waals surface area contributed by atoms with Crippen molar-refractivity contribution in [3.8, 4) is 5.88 Å². The zero-order valence-corrected chi connectivity index (χ0v) is 22.8. The van der Waals surface area contributed by atoms with Crippen LogP contribution in [-0.2, 0) is 9.53 Å². The number of aromatic nitrogens is 2. The monoisotopic (exact) mass is 517 g/mol. The van der Waals surface area contributed by atoms with Gasteiger partial charge in [-0.3, -0.25) is 9.59 Å². The number of nitrogens with one attached hydrogen (secondary N) is 2. The molecule has 2 fully saturated rings. The van der Waals surface area contributed by atoms with E-state index in [9.17, 15) is 14.4 Å². The first-order valence-corrected chi connectivity index (χ1v) is 13.4. The molecule has 37 heavy (non-hydrogen) atoms. The molecule has 206 valence electrons. The van der Waals surface area contributed by atoms with Gasteiger partial charge in [0.05, 0.1) is 24.9 Å². The van der Waals surface area contributed by atoms with Crippen molar-refractivity contribution in [1.29, 1.82) is 0 Å². The molecule has 10 nitrogen and oxygen atoms in total. The van der Waals surface area contributed by atoms with E-state index in [0.717, 1.165) is 32.1 Å². The summed E-state index contributed by atoms with van der Waals surface area (Å²) in [4.78, 5) is 36.4. The highest BCUT2D eigenvalue weighted by molar-refractivity contribution is 5.96. The van der Waals surface area contributed by atoms with Crippen LogP contribution in [-0.4, -0.2) is 52.5 Å². The minimum Gasteiger partial charge on any atom is -0.477 e. The van der Waals surface area contributed by atoms with Gasteiger partial charge in [-0.2, -0.15) is 5.10 Å². The van der Waals surface area contributed by atoms with Gasteiger partial charge in [0.1, 0.15) is 5.56 Å². The molecule has 2 aliphatic carbocycles. The lowest BCUT2D eigenvalue weighted by atomic mass is 9.65. The molecule has 0 radical (unpaired) electrons. The van der Waals surface area contributed by atoms with Crippen molar-refractivity contribution in [3.63, 3.8) is 0 Å². The molecule has 2 aliphatic rings. The predicted octanol–water partition coefficient (Wildman–Crippen LogP) is 3.71. The SMILES string of the molecule is CCC(=O)NC(C)(C)/C=C/n1ncc(C(=O)N[C@H]2C3CCCC2C[C@@H](COC(N)=O)C3)c1OCC(C)C. The molecule has 1 heterocycles. The average molecular weight is 518 g/mol. The van der Waals surface area contributed by atoms with Crippen LogP contribution in [0.1, 0.15) is 83.5 Å². The van der Waals surface area contributed by atoms with E-state index in [0.29, 0.717) is 42.9 Å². The lowest BCUT2D eigenvalue weighted by molar-refractivity contribution is -0.121. The molecule has 1 aromatic heterocycles. The second-order valence-corrected chi connectivity index (χ2v) is 11.4. The number of fused-ring (bicyclic) bond motifs is 2. The molecular weight excluding hydrogens is 474 g/mol. The van der Waals surface area contributed by atoms with Crippen molar-refractivity contribution in [1.82, 2.24) is 20.4 Å². The van der Waals surface area contributed by atoms with E-state index in [2.05, 4.69) is 15.7 Å². The standard InChI is InChI=1S/C27H43N5O5/c1-6-22(33)31-27(4,5)10-11-32-25(36-15-17(2)3)21(14-29-32)24(34)30-23-19-8-7-9-20(23)13-18(12-19)16-37-26(28)35/h10-11,14,17-20,23H,6-9,12-13,15-16H2,1-5H3,(H2,28,35)(H,30,34)(H,31,33)/b11-10+/t18-,19?,20?,23-. The number of rotatable bonds is 11. The van der Waals surface area contributed by atoms with Gasteiger partial charge in [0.2, 0.25) is 11.8 Å². The Kier molecular flexibility index (Phi) is 9.62. The third-order valence-electron chi connectivity index (χ3n) is 7.16. The Balaban J connectivity index is 1.76. The van der Waals surface area contributed by atoms with Crippen LogP contribution in [0.4, 0.5) is 4.79 Å². The van der Waals surface area contributed by atoms with Crippen LogP contribution in [0, 0.1) is 23.7 Å². The van der Waals surface area contributed by atoms with E-state index in [-0.39, 0.29) is 29.7 Å². The number of nitrogens with zero attached hydrogens (tertiary/aromatic N) is 2. The number of primary amides is 1. The molecule has 4 N–H and O–H groups in total. The maximum absolute atomic E-state index is 13.5. The normalized spacial score (nSPS) is 23.6. The fourth-order valence-corrected chi connectivity index (χ4v) is 5.42. The minimum atomic E-state index is -0.739. The zero-order chi connectivity index (χ0) is 27.2. The van der Waals surface area contributed by atoms with Crippen LogP contribution in [0.25, 0.3) is 6.20 Å². The summed E-state index contributed by atoms with van der Waals surface area (Å²) in [5.41, 5.74) is 4.95. The third-order valence-corrected chi connectivity index (χ3v) is 7.16. The fourth-order valence-electron chi connectivity index (χ4n) is 5.42. The number of nitrogens with two attached hydrogens (primary N) is 1. The minimum absolute atomic E-state index is 0.0482. The van der Waals surface area contributed by atoms with Gasteiger partial charge in [-0.15, -0.1) is 0 Å². The largest absolute Gasteiger partial charge is 0.477 e. The molecule has 2 saturated carbocycles. The van der Waals surface area contributed by atoms with Gasteiger partial charge in [-0.05, 0) is 69.3 Å². The number of carbonyl (C=O) groups excluding carboxylic acids is 3. The van der Waals surface area contributed by atoms with Crippen molar-refractivity contribution in [2.75, 3.05) is 13.2 Å². The first-order valence-electron chi connectivity index (χ1n) is 13.4. The topological polar surface area (TPSA) is 138 Å². The smallest absolute Gasteiger partial charge is 0.404 e. The van der Waals surface area contributed by atoms with Crippen LogP contribution in [0.2, 0.25) is 0 Å². The summed E-state index contributed by atoms with van der Waals surface area (Å²) in [7, 11) is 0. The van der Waals surface area contributed by atoms with E-state index >= 15 is 0 Å². The number of hydrogen-bond acceptors (Lipinski definition) is 6. The lowest BCUT2D eigenvalue weighted by Gasteiger charge is -2.45. The number of ether oxygens (including phenoxy) is 2. The maximum atomic E-state index is 13.5. The molecule has 10 heteroatoms. The fraction of sp³-hybridized carbons (Fsp3) is 0.704. The van der Waals surface area contributed by atoms with Crippen molar-refractivity contribution < 1.29 is 23.9 Å². The van der Waals surface area contributed by atoms with Gasteiger partial charge in [-0.25, -0.2) is 9.48 Å². The number of carbonyl (C=O) groups is 3. The van der Waals surface area contributed by atoms with Gasteiger partial charge in [0.15, 0.2) is 0 Å². The second-order valence-electron chi connectivity index (χ2n) is 11.4. The van der Waals surface area contributed by atoms with E-state index in [4.69, 9.17) is 15.2 Å². The number of hydrogen-bond donors (Lipinski definition) is 3. The molecule has 2 bridgehead atoms. The van der Waals surface area contributed by atoms with Gasteiger partial charge < -0.3 is 25.8 Å². The van der Waals surface area contributed by atoms with Gasteiger partial charge >= 0.3 is 6.09 Å². The molecule has 3 rings (SSSR count). The van der Waals surface area contributed by atoms with Crippen LogP contribution < -0.4 is 21.1 Å². The molecule has 2 unspecified atom stereocenters. The lowest BCUT2D eigenvalue weighted by Crippen LogP contribution is -2.51. The first kappa shape index (κ1) is 28.5. The Labute approximate surface area is 219 Å². The highest BCUT2D eigenvalue weighted by atomic mass is 16.5. The van der Waals surface area contributed by atoms with Gasteiger partial charge in [0, 0.05) is 18.7 Å². The zero-order valence-electron chi connectivity index (χ0n) is 22.8. The molecule has 3 amide bonds. The Morgan fingerprint density at radius 1 is 1.24 bits per heavy atom. The molecule has 0 aliphatic heterocycles. The van der Waals surface area contributed by atoms with E-state index in [1.165, 1.54) is 6.20 Å². The van der Waals surface area contributed by atoms with Crippen molar-refractivity contribution in [2.45, 2.75) is 84.7 Å². The quantitative estimate of drug-likeness (QED) is 0.409. The third kappa shape index (κ3) is 7.97. The Morgan fingerprint density at radius 3 is 2.51 bits per heavy atom. The first-order chi connectivity index (χ1) is 17.5. The molecule has 0 spiro atoms. The summed E-state index contributed by atoms with van der Waals surface area (Å²) in [6.45, 7) is 10.5. The van der Waals surface area contributed by atoms with Crippen molar-refractivity contribution in [2.24, 2.45) is 29.4 Å². The van der Waals surface area contributed by atoms with Crippen LogP contribution >= 0.6 is 0 Å². The summed E-state index contributed by atoms with van der Waals surface area (Å²) < 4.78 is 12.7. The van der Waals surface area contributed by atoms with Crippen LogP contribution in [0.5, 0.6) is 5.88 Å². The summed E-state index contributed by atoms with van der Waals surface area (Å²) in [5, 5.41) is 10.6. The molecule has 2 atom stereocenters. The molecular formula is C27H43N5O5. The van der Waals surface area contributed by atoms with Gasteiger partial charge in [0.25, 0.3) is 5.91 Å². The molecule has 1 aromatic rings. The van der Waals surface area contributed by atoms with E-state index in [1.807, 2.05) is 33.8 Å².